The molecule has 5 heterocycles. The Kier molecular flexibility index (Phi) is 5.19. The van der Waals surface area contributed by atoms with E-state index in [1.807, 2.05) is 25.4 Å². The van der Waals surface area contributed by atoms with Gasteiger partial charge in [0.2, 0.25) is 0 Å². The van der Waals surface area contributed by atoms with Crippen LogP contribution in [-0.2, 0) is 4.74 Å². The Morgan fingerprint density at radius 3 is 2.76 bits per heavy atom. The monoisotopic (exact) mass is 461 g/mol. The number of fused-ring (bicyclic) bond motifs is 2. The fourth-order valence-corrected chi connectivity index (χ4v) is 4.86. The zero-order chi connectivity index (χ0) is 23.2. The highest BCUT2D eigenvalue weighted by molar-refractivity contribution is 5.96. The number of amides is 1. The van der Waals surface area contributed by atoms with Crippen LogP contribution in [0.5, 0.6) is 0 Å². The van der Waals surface area contributed by atoms with E-state index in [9.17, 15) is 9.90 Å². The van der Waals surface area contributed by atoms with Gasteiger partial charge < -0.3 is 25.0 Å². The first-order valence-electron chi connectivity index (χ1n) is 11.7. The predicted octanol–water partition coefficient (Wildman–Crippen LogP) is 2.39. The second-order valence-corrected chi connectivity index (χ2v) is 8.96. The molecule has 1 aliphatic heterocycles. The maximum absolute atomic E-state index is 13.0. The van der Waals surface area contributed by atoms with Crippen LogP contribution in [-0.4, -0.2) is 67.6 Å². The van der Waals surface area contributed by atoms with Crippen LogP contribution in [0.4, 0.5) is 5.69 Å². The lowest BCUT2D eigenvalue weighted by Crippen LogP contribution is -2.50. The zero-order valence-electron chi connectivity index (χ0n) is 18.9. The van der Waals surface area contributed by atoms with E-state index >= 15 is 0 Å². The van der Waals surface area contributed by atoms with E-state index in [0.717, 1.165) is 60.5 Å². The Balaban J connectivity index is 1.46. The molecule has 2 atom stereocenters. The summed E-state index contributed by atoms with van der Waals surface area (Å²) in [5.41, 5.74) is 4.25. The number of aliphatic hydroxyl groups is 1. The van der Waals surface area contributed by atoms with Gasteiger partial charge >= 0.3 is 0 Å². The van der Waals surface area contributed by atoms with Gasteiger partial charge in [0.25, 0.3) is 5.91 Å². The van der Waals surface area contributed by atoms with Crippen LogP contribution < -0.4 is 10.6 Å². The van der Waals surface area contributed by atoms with E-state index in [1.54, 1.807) is 4.52 Å². The van der Waals surface area contributed by atoms with Crippen molar-refractivity contribution in [2.75, 3.05) is 25.6 Å². The summed E-state index contributed by atoms with van der Waals surface area (Å²) in [5.74, 6) is -0.297. The third kappa shape index (κ3) is 3.41. The summed E-state index contributed by atoms with van der Waals surface area (Å²) in [7, 11) is 1.82. The minimum atomic E-state index is -0.497. The van der Waals surface area contributed by atoms with Crippen molar-refractivity contribution in [3.05, 3.63) is 42.5 Å². The van der Waals surface area contributed by atoms with E-state index in [0.29, 0.717) is 23.8 Å². The van der Waals surface area contributed by atoms with Crippen LogP contribution >= 0.6 is 0 Å². The van der Waals surface area contributed by atoms with E-state index in [-0.39, 0.29) is 11.9 Å². The summed E-state index contributed by atoms with van der Waals surface area (Å²) in [6.07, 6.45) is 8.30. The average Bonchev–Trinajstić information content (AvgIpc) is 3.48. The molecule has 10 nitrogen and oxygen atoms in total. The lowest BCUT2D eigenvalue weighted by atomic mass is 9.89. The highest BCUT2D eigenvalue weighted by Crippen LogP contribution is 2.34. The van der Waals surface area contributed by atoms with Crippen LogP contribution in [0.1, 0.15) is 42.2 Å². The number of rotatable bonds is 5. The Bertz CT molecular complexity index is 1370. The molecule has 3 N–H and O–H groups in total. The van der Waals surface area contributed by atoms with E-state index < -0.39 is 6.10 Å². The minimum absolute atomic E-state index is 0.228. The van der Waals surface area contributed by atoms with Crippen LogP contribution in [0, 0.1) is 0 Å². The Labute approximate surface area is 196 Å². The van der Waals surface area contributed by atoms with Crippen LogP contribution in [0.15, 0.2) is 36.8 Å². The fourth-order valence-electron chi connectivity index (χ4n) is 4.86. The van der Waals surface area contributed by atoms with Crippen molar-refractivity contribution < 1.29 is 14.6 Å². The molecular formula is C24H27N7O3. The predicted molar refractivity (Wildman–Crippen MR) is 127 cm³/mol. The molecule has 0 aromatic carbocycles. The van der Waals surface area contributed by atoms with Gasteiger partial charge in [0, 0.05) is 49.6 Å². The number of nitrogens with zero attached hydrogens (tertiary/aromatic N) is 5. The summed E-state index contributed by atoms with van der Waals surface area (Å²) < 4.78 is 9.37. The molecule has 0 spiro atoms. The van der Waals surface area contributed by atoms with Gasteiger partial charge in [-0.1, -0.05) is 0 Å². The highest BCUT2D eigenvalue weighted by Gasteiger charge is 2.31. The molecule has 176 valence electrons. The van der Waals surface area contributed by atoms with E-state index in [4.69, 9.17) is 9.84 Å². The van der Waals surface area contributed by atoms with E-state index in [1.165, 1.54) is 6.20 Å². The number of aliphatic hydroxyl groups excluding tert-OH is 1. The molecule has 4 aromatic rings. The average molecular weight is 462 g/mol. The van der Waals surface area contributed by atoms with Crippen molar-refractivity contribution in [3.63, 3.8) is 0 Å². The molecule has 2 fully saturated rings. The van der Waals surface area contributed by atoms with Crippen molar-refractivity contribution in [1.29, 1.82) is 0 Å². The normalized spacial score (nSPS) is 21.0. The van der Waals surface area contributed by atoms with Gasteiger partial charge in [-0.25, -0.2) is 14.5 Å². The number of carbonyl (C=O) groups excluding carboxylic acids is 1. The van der Waals surface area contributed by atoms with Gasteiger partial charge in [-0.2, -0.15) is 5.10 Å². The molecule has 0 unspecified atom stereocenters. The number of carbonyl (C=O) groups is 1. The third-order valence-corrected chi connectivity index (χ3v) is 6.97. The first-order chi connectivity index (χ1) is 16.6. The first kappa shape index (κ1) is 21.1. The van der Waals surface area contributed by atoms with Gasteiger partial charge in [-0.15, -0.1) is 0 Å². The molecule has 2 aliphatic rings. The molecule has 34 heavy (non-hydrogen) atoms. The SMILES string of the molecule is CNc1cc(-c2cn(C3CCOCC3)c3ncccc23)nn2c(C(=O)N[C@@H]3CC[C@@H]3O)cnc12. The lowest BCUT2D eigenvalue weighted by Gasteiger charge is -2.32. The van der Waals surface area contributed by atoms with Gasteiger partial charge in [0.1, 0.15) is 5.65 Å². The Hall–Kier alpha value is -3.50. The second-order valence-electron chi connectivity index (χ2n) is 8.96. The summed E-state index contributed by atoms with van der Waals surface area (Å²) in [6.45, 7) is 1.48. The molecule has 1 saturated carbocycles. The fraction of sp³-hybridized carbons (Fsp3) is 0.417. The number of pyridine rings is 1. The van der Waals surface area contributed by atoms with Gasteiger partial charge in [0.05, 0.1) is 29.7 Å². The topological polar surface area (TPSA) is 119 Å². The molecule has 10 heteroatoms. The highest BCUT2D eigenvalue weighted by atomic mass is 16.5. The Morgan fingerprint density at radius 2 is 2.03 bits per heavy atom. The number of imidazole rings is 1. The van der Waals surface area contributed by atoms with Crippen LogP contribution in [0.3, 0.4) is 0 Å². The van der Waals surface area contributed by atoms with Crippen molar-refractivity contribution in [1.82, 2.24) is 29.5 Å². The second kappa shape index (κ2) is 8.37. The first-order valence-corrected chi connectivity index (χ1v) is 11.7. The van der Waals surface area contributed by atoms with Gasteiger partial charge in [-0.05, 0) is 43.9 Å². The smallest absolute Gasteiger partial charge is 0.271 e. The number of anilines is 1. The molecule has 0 bridgehead atoms. The van der Waals surface area contributed by atoms with Crippen molar-refractivity contribution >= 4 is 28.3 Å². The molecule has 4 aromatic heterocycles. The molecular weight excluding hydrogens is 434 g/mol. The van der Waals surface area contributed by atoms with Crippen molar-refractivity contribution in [3.8, 4) is 11.3 Å². The quantitative estimate of drug-likeness (QED) is 0.418. The van der Waals surface area contributed by atoms with Crippen LogP contribution in [0.25, 0.3) is 27.9 Å². The van der Waals surface area contributed by atoms with Crippen molar-refractivity contribution in [2.24, 2.45) is 0 Å². The van der Waals surface area contributed by atoms with Crippen molar-refractivity contribution in [2.45, 2.75) is 43.9 Å². The number of aromatic nitrogens is 5. The van der Waals surface area contributed by atoms with Gasteiger partial charge in [0.15, 0.2) is 11.3 Å². The molecule has 1 aliphatic carbocycles. The maximum Gasteiger partial charge on any atom is 0.271 e. The zero-order valence-corrected chi connectivity index (χ0v) is 18.9. The Morgan fingerprint density at radius 1 is 1.18 bits per heavy atom. The minimum Gasteiger partial charge on any atom is -0.391 e. The number of nitrogens with one attached hydrogen (secondary N) is 2. The van der Waals surface area contributed by atoms with Gasteiger partial charge in [-0.3, -0.25) is 4.79 Å². The summed E-state index contributed by atoms with van der Waals surface area (Å²) >= 11 is 0. The summed E-state index contributed by atoms with van der Waals surface area (Å²) in [4.78, 5) is 22.1. The molecule has 1 saturated heterocycles. The lowest BCUT2D eigenvalue weighted by molar-refractivity contribution is 0.0445. The number of hydrogen-bond donors (Lipinski definition) is 3. The van der Waals surface area contributed by atoms with E-state index in [2.05, 4.69) is 37.4 Å². The van der Waals surface area contributed by atoms with Crippen LogP contribution in [0.2, 0.25) is 0 Å². The molecule has 0 radical (unpaired) electrons. The number of hydrogen-bond acceptors (Lipinski definition) is 7. The maximum atomic E-state index is 13.0. The molecule has 6 rings (SSSR count). The molecule has 1 amide bonds. The summed E-state index contributed by atoms with van der Waals surface area (Å²) in [6, 6.07) is 6.02. The summed E-state index contributed by atoms with van der Waals surface area (Å²) in [5, 5.41) is 21.8. The third-order valence-electron chi connectivity index (χ3n) is 6.97. The standard InChI is InChI=1S/C24H27N7O3/c1-25-19-11-18(29-31-20(12-27-23(19)31)24(33)28-17-4-5-21(17)32)16-13-30(14-6-9-34-10-7-14)22-15(16)3-2-8-26-22/h2-3,8,11-14,17,21,25,32H,4-7,9-10H2,1H3,(H,28,33)/t17-,21+/m1/s1. The largest absolute Gasteiger partial charge is 0.391 e. The number of ether oxygens (including phenoxy) is 1.